The molecule has 0 aliphatic carbocycles. The van der Waals surface area contributed by atoms with Crippen molar-refractivity contribution in [1.29, 1.82) is 0 Å². The maximum Gasteiger partial charge on any atom is 0.264 e. The molecule has 0 aliphatic heterocycles. The van der Waals surface area contributed by atoms with E-state index in [0.29, 0.717) is 10.7 Å². The summed E-state index contributed by atoms with van der Waals surface area (Å²) in [6.07, 6.45) is 0. The number of hydrogen-bond donors (Lipinski definition) is 1. The third-order valence-electron chi connectivity index (χ3n) is 5.75. The van der Waals surface area contributed by atoms with Crippen molar-refractivity contribution in [2.75, 3.05) is 23.3 Å². The summed E-state index contributed by atoms with van der Waals surface area (Å²) in [4.78, 5) is 13.2. The Morgan fingerprint density at radius 3 is 2.33 bits per heavy atom. The summed E-state index contributed by atoms with van der Waals surface area (Å²) in [6, 6.07) is 19.3. The van der Waals surface area contributed by atoms with Crippen molar-refractivity contribution in [2.45, 2.75) is 25.7 Å². The van der Waals surface area contributed by atoms with Crippen LogP contribution in [0.1, 0.15) is 16.7 Å². The molecule has 1 N–H and O–H groups in total. The summed E-state index contributed by atoms with van der Waals surface area (Å²) in [7, 11) is -2.42. The lowest BCUT2D eigenvalue weighted by Gasteiger charge is -2.26. The highest BCUT2D eigenvalue weighted by Gasteiger charge is 2.29. The van der Waals surface area contributed by atoms with Crippen LogP contribution in [0, 0.1) is 20.8 Å². The first kappa shape index (κ1) is 25.3. The first-order valence-electron chi connectivity index (χ1n) is 11.1. The molecule has 1 amide bonds. The number of benzene rings is 3. The van der Waals surface area contributed by atoms with E-state index in [1.165, 1.54) is 11.3 Å². The van der Waals surface area contributed by atoms with E-state index in [9.17, 15) is 13.2 Å². The van der Waals surface area contributed by atoms with E-state index in [-0.39, 0.29) is 10.0 Å². The Balaban J connectivity index is 1.60. The molecule has 0 bridgehead atoms. The summed E-state index contributed by atoms with van der Waals surface area (Å²) in [6.45, 7) is 5.20. The van der Waals surface area contributed by atoms with E-state index in [1.54, 1.807) is 43.5 Å². The maximum absolute atomic E-state index is 13.6. The lowest BCUT2D eigenvalue weighted by atomic mass is 10.1. The molecule has 186 valence electrons. The van der Waals surface area contributed by atoms with Crippen molar-refractivity contribution >= 4 is 38.1 Å². The van der Waals surface area contributed by atoms with Crippen LogP contribution in [0.25, 0.3) is 10.6 Å². The largest absolute Gasteiger partial charge is 0.497 e. The average Bonchev–Trinajstić information content (AvgIpc) is 3.33. The van der Waals surface area contributed by atoms with Gasteiger partial charge in [-0.05, 0) is 74.4 Å². The van der Waals surface area contributed by atoms with Gasteiger partial charge >= 0.3 is 0 Å². The van der Waals surface area contributed by atoms with Gasteiger partial charge < -0.3 is 4.74 Å². The number of amides is 1. The number of ether oxygens (including phenoxy) is 1. The quantitative estimate of drug-likeness (QED) is 0.351. The molecule has 4 rings (SSSR count). The SMILES string of the molecule is COc1ccc(-c2nnc(NC(=O)CN(c3cccc(C)c3C)S(=O)(=O)c3ccc(C)cc3)s2)cc1. The lowest BCUT2D eigenvalue weighted by molar-refractivity contribution is -0.114. The highest BCUT2D eigenvalue weighted by atomic mass is 32.2. The zero-order valence-corrected chi connectivity index (χ0v) is 22.0. The van der Waals surface area contributed by atoms with E-state index in [0.717, 1.165) is 32.3 Å². The topological polar surface area (TPSA) is 101 Å². The van der Waals surface area contributed by atoms with Gasteiger partial charge in [0.2, 0.25) is 11.0 Å². The summed E-state index contributed by atoms with van der Waals surface area (Å²) < 4.78 is 33.6. The molecule has 0 fully saturated rings. The van der Waals surface area contributed by atoms with Crippen molar-refractivity contribution in [3.05, 3.63) is 83.4 Å². The van der Waals surface area contributed by atoms with Crippen LogP contribution in [0.15, 0.2) is 71.6 Å². The first-order chi connectivity index (χ1) is 17.2. The summed E-state index contributed by atoms with van der Waals surface area (Å²) in [5, 5.41) is 11.8. The molecule has 0 radical (unpaired) electrons. The van der Waals surface area contributed by atoms with Crippen LogP contribution in [-0.2, 0) is 14.8 Å². The van der Waals surface area contributed by atoms with Gasteiger partial charge in [0.1, 0.15) is 17.3 Å². The second kappa shape index (κ2) is 10.5. The second-order valence-corrected chi connectivity index (χ2v) is 11.1. The van der Waals surface area contributed by atoms with Gasteiger partial charge in [-0.15, -0.1) is 10.2 Å². The Morgan fingerprint density at radius 1 is 0.972 bits per heavy atom. The predicted molar refractivity (Wildman–Crippen MR) is 142 cm³/mol. The molecular weight excluding hydrogens is 496 g/mol. The Labute approximate surface area is 214 Å². The summed E-state index contributed by atoms with van der Waals surface area (Å²) in [5.41, 5.74) is 3.91. The smallest absolute Gasteiger partial charge is 0.264 e. The number of nitrogens with one attached hydrogen (secondary N) is 1. The molecule has 36 heavy (non-hydrogen) atoms. The fraction of sp³-hybridized carbons (Fsp3) is 0.192. The molecule has 3 aromatic carbocycles. The Morgan fingerprint density at radius 2 is 1.67 bits per heavy atom. The van der Waals surface area contributed by atoms with Gasteiger partial charge in [0.15, 0.2) is 0 Å². The van der Waals surface area contributed by atoms with Crippen molar-refractivity contribution in [3.63, 3.8) is 0 Å². The summed E-state index contributed by atoms with van der Waals surface area (Å²) >= 11 is 1.20. The zero-order valence-electron chi connectivity index (χ0n) is 20.3. The van der Waals surface area contributed by atoms with Gasteiger partial charge in [0, 0.05) is 5.56 Å². The summed E-state index contributed by atoms with van der Waals surface area (Å²) in [5.74, 6) is 0.196. The maximum atomic E-state index is 13.6. The molecule has 0 spiro atoms. The van der Waals surface area contributed by atoms with Gasteiger partial charge in [-0.25, -0.2) is 8.42 Å². The van der Waals surface area contributed by atoms with Gasteiger partial charge in [0.05, 0.1) is 17.7 Å². The fourth-order valence-electron chi connectivity index (χ4n) is 3.56. The third kappa shape index (κ3) is 5.39. The predicted octanol–water partition coefficient (Wildman–Crippen LogP) is 4.97. The van der Waals surface area contributed by atoms with Crippen LogP contribution in [0.2, 0.25) is 0 Å². The van der Waals surface area contributed by atoms with Crippen LogP contribution < -0.4 is 14.4 Å². The van der Waals surface area contributed by atoms with Crippen LogP contribution in [0.5, 0.6) is 5.75 Å². The molecular formula is C26H26N4O4S2. The normalized spacial score (nSPS) is 11.2. The zero-order chi connectivity index (χ0) is 25.9. The highest BCUT2D eigenvalue weighted by Crippen LogP contribution is 2.30. The van der Waals surface area contributed by atoms with Crippen LogP contribution in [0.3, 0.4) is 0 Å². The number of nitrogens with zero attached hydrogens (tertiary/aromatic N) is 3. The van der Waals surface area contributed by atoms with Crippen LogP contribution >= 0.6 is 11.3 Å². The van der Waals surface area contributed by atoms with E-state index >= 15 is 0 Å². The van der Waals surface area contributed by atoms with E-state index in [4.69, 9.17) is 4.74 Å². The van der Waals surface area contributed by atoms with Gasteiger partial charge in [-0.1, -0.05) is 41.2 Å². The van der Waals surface area contributed by atoms with E-state index < -0.39 is 22.5 Å². The van der Waals surface area contributed by atoms with Crippen molar-refractivity contribution in [2.24, 2.45) is 0 Å². The minimum Gasteiger partial charge on any atom is -0.497 e. The first-order valence-corrected chi connectivity index (χ1v) is 13.4. The average molecular weight is 523 g/mol. The molecule has 8 nitrogen and oxygen atoms in total. The van der Waals surface area contributed by atoms with E-state index in [1.807, 2.05) is 51.1 Å². The third-order valence-corrected chi connectivity index (χ3v) is 8.41. The molecule has 0 aliphatic rings. The van der Waals surface area contributed by atoms with E-state index in [2.05, 4.69) is 15.5 Å². The molecule has 10 heteroatoms. The fourth-order valence-corrected chi connectivity index (χ4v) is 5.80. The number of aryl methyl sites for hydroxylation is 2. The minimum absolute atomic E-state index is 0.111. The molecule has 4 aromatic rings. The Hall–Kier alpha value is -3.76. The van der Waals surface area contributed by atoms with Crippen molar-refractivity contribution in [1.82, 2.24) is 10.2 Å². The number of rotatable bonds is 8. The van der Waals surface area contributed by atoms with Crippen molar-refractivity contribution < 1.29 is 17.9 Å². The Bertz CT molecular complexity index is 1480. The number of carbonyl (C=O) groups is 1. The number of hydrogen-bond acceptors (Lipinski definition) is 7. The highest BCUT2D eigenvalue weighted by molar-refractivity contribution is 7.92. The number of sulfonamides is 1. The molecule has 0 atom stereocenters. The molecule has 1 heterocycles. The second-order valence-electron chi connectivity index (χ2n) is 8.23. The van der Waals surface area contributed by atoms with Crippen LogP contribution in [0.4, 0.5) is 10.8 Å². The van der Waals surface area contributed by atoms with Crippen molar-refractivity contribution in [3.8, 4) is 16.3 Å². The van der Waals surface area contributed by atoms with Gasteiger partial charge in [-0.3, -0.25) is 14.4 Å². The molecule has 1 aromatic heterocycles. The number of carbonyl (C=O) groups excluding carboxylic acids is 1. The monoisotopic (exact) mass is 522 g/mol. The lowest BCUT2D eigenvalue weighted by Crippen LogP contribution is -2.38. The number of aromatic nitrogens is 2. The molecule has 0 unspecified atom stereocenters. The molecule has 0 saturated heterocycles. The standard InChI is InChI=1S/C26H26N4O4S2/c1-17-8-14-22(15-9-17)36(32,33)30(23-7-5-6-18(2)19(23)3)16-24(31)27-26-29-28-25(35-26)20-10-12-21(34-4)13-11-20/h5-15H,16H2,1-4H3,(H,27,29,31). The number of anilines is 2. The number of methoxy groups -OCH3 is 1. The minimum atomic E-state index is -4.01. The van der Waals surface area contributed by atoms with Gasteiger partial charge in [0.25, 0.3) is 10.0 Å². The Kier molecular flexibility index (Phi) is 7.37. The molecule has 0 saturated carbocycles. The van der Waals surface area contributed by atoms with Gasteiger partial charge in [-0.2, -0.15) is 0 Å². The van der Waals surface area contributed by atoms with Crippen LogP contribution in [-0.4, -0.2) is 38.2 Å².